The number of aromatic amines is 1. The number of hydrogen-bond donors (Lipinski definition) is 1. The van der Waals surface area contributed by atoms with Crippen LogP contribution in [0.15, 0.2) is 34.1 Å². The molecular weight excluding hydrogens is 398 g/mol. The van der Waals surface area contributed by atoms with E-state index < -0.39 is 21.6 Å². The van der Waals surface area contributed by atoms with E-state index in [1.807, 2.05) is 0 Å². The van der Waals surface area contributed by atoms with Crippen molar-refractivity contribution < 1.29 is 22.7 Å². The molecule has 1 heterocycles. The number of H-pyrrole nitrogens is 1. The van der Waals surface area contributed by atoms with Crippen LogP contribution >= 0.6 is 0 Å². The minimum Gasteiger partial charge on any atom is -0.493 e. The lowest BCUT2D eigenvalue weighted by atomic mass is 10.2. The van der Waals surface area contributed by atoms with Crippen LogP contribution in [0.1, 0.15) is 38.1 Å². The monoisotopic (exact) mass is 423 g/mol. The summed E-state index contributed by atoms with van der Waals surface area (Å²) in [6.45, 7) is 8.03. The molecule has 0 aliphatic rings. The van der Waals surface area contributed by atoms with Crippen LogP contribution < -0.4 is 10.3 Å². The molecule has 10 heteroatoms. The second-order valence-electron chi connectivity index (χ2n) is 5.88. The zero-order chi connectivity index (χ0) is 21.6. The number of carbonyl (C=O) groups excluding carboxylic acids is 1. The van der Waals surface area contributed by atoms with E-state index in [0.717, 1.165) is 6.20 Å². The van der Waals surface area contributed by atoms with Crippen LogP contribution in [-0.4, -0.2) is 55.0 Å². The summed E-state index contributed by atoms with van der Waals surface area (Å²) in [4.78, 5) is 30.8. The second kappa shape index (κ2) is 9.66. The number of hydrogen-bond acceptors (Lipinski definition) is 7. The van der Waals surface area contributed by atoms with Crippen molar-refractivity contribution in [3.8, 4) is 17.1 Å². The standard InChI is InChI=1S/C19H25N3O6S/c1-5-22(6-2)29(25,26)13-9-10-16(27-7-3)14(11-13)17-20-12-15(18(23)21-17)19(24)28-8-4/h9-12H,5-8H2,1-4H3,(H,20,21,23). The fourth-order valence-corrected chi connectivity index (χ4v) is 4.22. The first-order valence-corrected chi connectivity index (χ1v) is 10.8. The van der Waals surface area contributed by atoms with Gasteiger partial charge in [-0.1, -0.05) is 13.8 Å². The van der Waals surface area contributed by atoms with Crippen LogP contribution in [0, 0.1) is 0 Å². The summed E-state index contributed by atoms with van der Waals surface area (Å²) in [5.41, 5.74) is -0.624. The van der Waals surface area contributed by atoms with E-state index in [1.54, 1.807) is 27.7 Å². The van der Waals surface area contributed by atoms with Crippen molar-refractivity contribution >= 4 is 16.0 Å². The highest BCUT2D eigenvalue weighted by Gasteiger charge is 2.24. The van der Waals surface area contributed by atoms with Gasteiger partial charge in [0.2, 0.25) is 10.0 Å². The van der Waals surface area contributed by atoms with E-state index in [2.05, 4.69) is 9.97 Å². The summed E-state index contributed by atoms with van der Waals surface area (Å²) in [5.74, 6) is -0.336. The van der Waals surface area contributed by atoms with Gasteiger partial charge in [0.15, 0.2) is 0 Å². The highest BCUT2D eigenvalue weighted by atomic mass is 32.2. The van der Waals surface area contributed by atoms with E-state index in [1.165, 1.54) is 22.5 Å². The first-order valence-electron chi connectivity index (χ1n) is 9.33. The molecule has 0 aliphatic carbocycles. The molecule has 1 aromatic carbocycles. The maximum Gasteiger partial charge on any atom is 0.345 e. The number of benzene rings is 1. The molecule has 158 valence electrons. The molecule has 0 unspecified atom stereocenters. The molecule has 0 radical (unpaired) electrons. The van der Waals surface area contributed by atoms with Crippen LogP contribution in [0.25, 0.3) is 11.4 Å². The Morgan fingerprint density at radius 3 is 2.38 bits per heavy atom. The molecule has 0 amide bonds. The van der Waals surface area contributed by atoms with Crippen LogP contribution in [0.2, 0.25) is 0 Å². The molecule has 0 saturated carbocycles. The van der Waals surface area contributed by atoms with Gasteiger partial charge in [-0.15, -0.1) is 0 Å². The van der Waals surface area contributed by atoms with Crippen molar-refractivity contribution in [2.45, 2.75) is 32.6 Å². The number of aromatic nitrogens is 2. The van der Waals surface area contributed by atoms with Crippen LogP contribution in [-0.2, 0) is 14.8 Å². The van der Waals surface area contributed by atoms with Gasteiger partial charge in [-0.25, -0.2) is 18.2 Å². The predicted molar refractivity (Wildman–Crippen MR) is 108 cm³/mol. The smallest absolute Gasteiger partial charge is 0.345 e. The number of rotatable bonds is 9. The normalized spacial score (nSPS) is 11.5. The van der Waals surface area contributed by atoms with E-state index >= 15 is 0 Å². The number of nitrogens with one attached hydrogen (secondary N) is 1. The average Bonchev–Trinajstić information content (AvgIpc) is 2.69. The Morgan fingerprint density at radius 1 is 1.14 bits per heavy atom. The van der Waals surface area contributed by atoms with Crippen molar-refractivity contribution in [2.75, 3.05) is 26.3 Å². The van der Waals surface area contributed by atoms with Gasteiger partial charge in [-0.2, -0.15) is 4.31 Å². The summed E-state index contributed by atoms with van der Waals surface area (Å²) >= 11 is 0. The number of nitrogens with zero attached hydrogens (tertiary/aromatic N) is 2. The third kappa shape index (κ3) is 4.83. The molecule has 1 N–H and O–H groups in total. The maximum absolute atomic E-state index is 12.9. The molecule has 1 aromatic heterocycles. The third-order valence-electron chi connectivity index (χ3n) is 4.14. The van der Waals surface area contributed by atoms with Gasteiger partial charge < -0.3 is 14.5 Å². The second-order valence-corrected chi connectivity index (χ2v) is 7.81. The molecule has 2 aromatic rings. The van der Waals surface area contributed by atoms with Gasteiger partial charge in [0.1, 0.15) is 17.1 Å². The number of sulfonamides is 1. The summed E-state index contributed by atoms with van der Waals surface area (Å²) in [7, 11) is -3.72. The fourth-order valence-electron chi connectivity index (χ4n) is 2.73. The van der Waals surface area contributed by atoms with Crippen molar-refractivity contribution in [3.63, 3.8) is 0 Å². The predicted octanol–water partition coefficient (Wildman–Crippen LogP) is 2.04. The lowest BCUT2D eigenvalue weighted by Gasteiger charge is -2.19. The maximum atomic E-state index is 12.9. The minimum absolute atomic E-state index is 0.0526. The molecule has 0 bridgehead atoms. The highest BCUT2D eigenvalue weighted by molar-refractivity contribution is 7.89. The largest absolute Gasteiger partial charge is 0.493 e. The van der Waals surface area contributed by atoms with E-state index in [9.17, 15) is 18.0 Å². The van der Waals surface area contributed by atoms with Crippen molar-refractivity contribution in [1.82, 2.24) is 14.3 Å². The molecule has 0 spiro atoms. The SMILES string of the molecule is CCOC(=O)c1cnc(-c2cc(S(=O)(=O)N(CC)CC)ccc2OCC)[nH]c1=O. The zero-order valence-electron chi connectivity index (χ0n) is 16.9. The van der Waals surface area contributed by atoms with Gasteiger partial charge in [0, 0.05) is 19.3 Å². The first kappa shape index (κ1) is 22.6. The molecule has 2 rings (SSSR count). The Morgan fingerprint density at radius 2 is 1.83 bits per heavy atom. The van der Waals surface area contributed by atoms with Crippen LogP contribution in [0.5, 0.6) is 5.75 Å². The molecule has 29 heavy (non-hydrogen) atoms. The molecule has 0 saturated heterocycles. The van der Waals surface area contributed by atoms with Crippen LogP contribution in [0.3, 0.4) is 0 Å². The summed E-state index contributed by atoms with van der Waals surface area (Å²) < 4.78 is 37.4. The molecular formula is C19H25N3O6S. The number of carbonyl (C=O) groups is 1. The Bertz CT molecular complexity index is 1030. The molecule has 0 fully saturated rings. The van der Waals surface area contributed by atoms with Crippen molar-refractivity contribution in [1.29, 1.82) is 0 Å². The minimum atomic E-state index is -3.72. The topological polar surface area (TPSA) is 119 Å². The Balaban J connectivity index is 2.60. The summed E-state index contributed by atoms with van der Waals surface area (Å²) in [6.07, 6.45) is 1.10. The molecule has 9 nitrogen and oxygen atoms in total. The van der Waals surface area contributed by atoms with Gasteiger partial charge in [0.25, 0.3) is 5.56 Å². The molecule has 0 atom stereocenters. The van der Waals surface area contributed by atoms with Crippen molar-refractivity contribution in [2.24, 2.45) is 0 Å². The van der Waals surface area contributed by atoms with Crippen molar-refractivity contribution in [3.05, 3.63) is 40.3 Å². The first-order chi connectivity index (χ1) is 13.8. The summed E-state index contributed by atoms with van der Waals surface area (Å²) in [6, 6.07) is 4.38. The van der Waals surface area contributed by atoms with Gasteiger partial charge in [-0.05, 0) is 32.0 Å². The lowest BCUT2D eigenvalue weighted by Crippen LogP contribution is -2.30. The Kier molecular flexibility index (Phi) is 7.52. The fraction of sp³-hybridized carbons (Fsp3) is 0.421. The number of esters is 1. The quantitative estimate of drug-likeness (QED) is 0.613. The van der Waals surface area contributed by atoms with Crippen LogP contribution in [0.4, 0.5) is 0 Å². The van der Waals surface area contributed by atoms with E-state index in [4.69, 9.17) is 9.47 Å². The highest BCUT2D eigenvalue weighted by Crippen LogP contribution is 2.31. The average molecular weight is 423 g/mol. The lowest BCUT2D eigenvalue weighted by molar-refractivity contribution is 0.0523. The number of ether oxygens (including phenoxy) is 2. The van der Waals surface area contributed by atoms with E-state index in [0.29, 0.717) is 31.0 Å². The van der Waals surface area contributed by atoms with Gasteiger partial charge >= 0.3 is 5.97 Å². The van der Waals surface area contributed by atoms with Gasteiger partial charge in [0.05, 0.1) is 23.7 Å². The van der Waals surface area contributed by atoms with E-state index in [-0.39, 0.29) is 22.9 Å². The van der Waals surface area contributed by atoms with Gasteiger partial charge in [-0.3, -0.25) is 4.79 Å². The Labute approximate surface area is 169 Å². The molecule has 0 aliphatic heterocycles. The zero-order valence-corrected chi connectivity index (χ0v) is 17.7. The Hall–Kier alpha value is -2.72. The summed E-state index contributed by atoms with van der Waals surface area (Å²) in [5, 5.41) is 0. The third-order valence-corrected chi connectivity index (χ3v) is 6.19.